The molecule has 0 aliphatic carbocycles. The van der Waals surface area contributed by atoms with E-state index in [9.17, 15) is 8.78 Å². The molecule has 0 spiro atoms. The van der Waals surface area contributed by atoms with E-state index in [4.69, 9.17) is 0 Å². The average molecular weight is 227 g/mol. The highest BCUT2D eigenvalue weighted by atomic mass is 19.2. The van der Waals surface area contributed by atoms with Gasteiger partial charge in [-0.15, -0.1) is 0 Å². The van der Waals surface area contributed by atoms with Crippen LogP contribution in [0.25, 0.3) is 0 Å². The second-order valence-electron chi connectivity index (χ2n) is 4.28. The second-order valence-corrected chi connectivity index (χ2v) is 4.28. The van der Waals surface area contributed by atoms with Crippen molar-refractivity contribution in [2.45, 2.75) is 26.2 Å². The molecule has 0 aliphatic rings. The average Bonchev–Trinajstić information content (AvgIpc) is 2.28. The number of nitrogens with one attached hydrogen (secondary N) is 1. The number of hydrogen-bond donors (Lipinski definition) is 1. The third-order valence-corrected chi connectivity index (χ3v) is 2.80. The van der Waals surface area contributed by atoms with E-state index >= 15 is 0 Å². The van der Waals surface area contributed by atoms with Crippen LogP contribution >= 0.6 is 0 Å². The van der Waals surface area contributed by atoms with Crippen LogP contribution in [0.3, 0.4) is 0 Å². The molecule has 90 valence electrons. The molecule has 3 heteroatoms. The molecule has 1 unspecified atom stereocenters. The van der Waals surface area contributed by atoms with E-state index < -0.39 is 11.6 Å². The van der Waals surface area contributed by atoms with E-state index in [1.807, 2.05) is 7.05 Å². The van der Waals surface area contributed by atoms with E-state index in [2.05, 4.69) is 12.2 Å². The number of rotatable bonds is 6. The van der Waals surface area contributed by atoms with E-state index in [1.165, 1.54) is 12.1 Å². The highest BCUT2D eigenvalue weighted by molar-refractivity contribution is 5.17. The minimum atomic E-state index is -0.771. The van der Waals surface area contributed by atoms with Gasteiger partial charge in [-0.3, -0.25) is 0 Å². The first kappa shape index (κ1) is 13.1. The van der Waals surface area contributed by atoms with Crippen LogP contribution in [0.15, 0.2) is 18.2 Å². The summed E-state index contributed by atoms with van der Waals surface area (Å²) in [4.78, 5) is 0. The zero-order valence-corrected chi connectivity index (χ0v) is 9.89. The van der Waals surface area contributed by atoms with E-state index in [0.717, 1.165) is 31.4 Å². The van der Waals surface area contributed by atoms with Crippen molar-refractivity contribution in [2.24, 2.45) is 5.92 Å². The zero-order chi connectivity index (χ0) is 12.0. The highest BCUT2D eigenvalue weighted by Crippen LogP contribution is 2.14. The summed E-state index contributed by atoms with van der Waals surface area (Å²) < 4.78 is 25.6. The van der Waals surface area contributed by atoms with E-state index in [1.54, 1.807) is 6.07 Å². The molecule has 0 aromatic heterocycles. The van der Waals surface area contributed by atoms with Gasteiger partial charge in [0.05, 0.1) is 0 Å². The normalized spacial score (nSPS) is 12.8. The Balaban J connectivity index is 2.39. The third-order valence-electron chi connectivity index (χ3n) is 2.80. The Labute approximate surface area is 95.9 Å². The van der Waals surface area contributed by atoms with Crippen LogP contribution in [-0.2, 0) is 6.42 Å². The maximum Gasteiger partial charge on any atom is 0.159 e. The van der Waals surface area contributed by atoms with Crippen LogP contribution < -0.4 is 5.32 Å². The molecule has 1 nitrogen and oxygen atoms in total. The number of hydrogen-bond acceptors (Lipinski definition) is 1. The first-order valence-corrected chi connectivity index (χ1v) is 5.72. The lowest BCUT2D eigenvalue weighted by molar-refractivity contribution is 0.478. The molecular formula is C13H19F2N. The smallest absolute Gasteiger partial charge is 0.159 e. The maximum atomic E-state index is 12.9. The Kier molecular flexibility index (Phi) is 5.39. The van der Waals surface area contributed by atoms with Crippen molar-refractivity contribution in [3.05, 3.63) is 35.4 Å². The third kappa shape index (κ3) is 4.27. The van der Waals surface area contributed by atoms with Gasteiger partial charge in [-0.05, 0) is 56.5 Å². The maximum absolute atomic E-state index is 12.9. The van der Waals surface area contributed by atoms with Gasteiger partial charge >= 0.3 is 0 Å². The molecule has 0 bridgehead atoms. The standard InChI is InChI=1S/C13H19F2N/c1-10(7-8-16-2)3-4-11-5-6-12(14)13(15)9-11/h5-6,9-10,16H,3-4,7-8H2,1-2H3. The van der Waals surface area contributed by atoms with Crippen LogP contribution in [0, 0.1) is 17.6 Å². The Morgan fingerprint density at radius 3 is 2.56 bits per heavy atom. The van der Waals surface area contributed by atoms with Crippen molar-refractivity contribution in [1.29, 1.82) is 0 Å². The van der Waals surface area contributed by atoms with Gasteiger partial charge < -0.3 is 5.32 Å². The first-order valence-electron chi connectivity index (χ1n) is 5.72. The van der Waals surface area contributed by atoms with Crippen molar-refractivity contribution in [2.75, 3.05) is 13.6 Å². The zero-order valence-electron chi connectivity index (χ0n) is 9.89. The monoisotopic (exact) mass is 227 g/mol. The molecule has 0 amide bonds. The quantitative estimate of drug-likeness (QED) is 0.787. The Morgan fingerprint density at radius 2 is 1.94 bits per heavy atom. The molecule has 1 rings (SSSR count). The van der Waals surface area contributed by atoms with Crippen molar-refractivity contribution in [3.8, 4) is 0 Å². The summed E-state index contributed by atoms with van der Waals surface area (Å²) in [5.74, 6) is -0.923. The largest absolute Gasteiger partial charge is 0.320 e. The number of halogens is 2. The van der Waals surface area contributed by atoms with Crippen molar-refractivity contribution >= 4 is 0 Å². The molecule has 16 heavy (non-hydrogen) atoms. The van der Waals surface area contributed by atoms with Gasteiger partial charge in [0.2, 0.25) is 0 Å². The predicted octanol–water partition coefficient (Wildman–Crippen LogP) is 3.14. The van der Waals surface area contributed by atoms with Gasteiger partial charge in [0, 0.05) is 0 Å². The molecule has 0 radical (unpaired) electrons. The highest BCUT2D eigenvalue weighted by Gasteiger charge is 2.05. The molecule has 0 saturated carbocycles. The molecule has 1 N–H and O–H groups in total. The first-order chi connectivity index (χ1) is 7.63. The van der Waals surface area contributed by atoms with Crippen LogP contribution in [-0.4, -0.2) is 13.6 Å². The SMILES string of the molecule is CNCCC(C)CCc1ccc(F)c(F)c1. The fourth-order valence-electron chi connectivity index (χ4n) is 1.64. The van der Waals surface area contributed by atoms with Crippen LogP contribution in [0.5, 0.6) is 0 Å². The lowest BCUT2D eigenvalue weighted by Crippen LogP contribution is -2.11. The fraction of sp³-hybridized carbons (Fsp3) is 0.538. The predicted molar refractivity (Wildman–Crippen MR) is 62.4 cm³/mol. The Hall–Kier alpha value is -0.960. The molecule has 1 aromatic carbocycles. The van der Waals surface area contributed by atoms with Crippen molar-refractivity contribution in [3.63, 3.8) is 0 Å². The number of aryl methyl sites for hydroxylation is 1. The summed E-state index contributed by atoms with van der Waals surface area (Å²) in [6.07, 6.45) is 2.93. The topological polar surface area (TPSA) is 12.0 Å². The van der Waals surface area contributed by atoms with E-state index in [-0.39, 0.29) is 0 Å². The van der Waals surface area contributed by atoms with Gasteiger partial charge in [0.25, 0.3) is 0 Å². The molecule has 0 fully saturated rings. The van der Waals surface area contributed by atoms with Crippen LogP contribution in [0.1, 0.15) is 25.3 Å². The minimum Gasteiger partial charge on any atom is -0.320 e. The summed E-state index contributed by atoms with van der Waals surface area (Å²) >= 11 is 0. The summed E-state index contributed by atoms with van der Waals surface area (Å²) in [7, 11) is 1.93. The van der Waals surface area contributed by atoms with Crippen LogP contribution in [0.2, 0.25) is 0 Å². The molecule has 1 atom stereocenters. The Bertz CT molecular complexity index is 326. The molecule has 0 saturated heterocycles. The molecule has 0 heterocycles. The summed E-state index contributed by atoms with van der Waals surface area (Å²) in [5.41, 5.74) is 0.871. The summed E-state index contributed by atoms with van der Waals surface area (Å²) in [5, 5.41) is 3.10. The summed E-state index contributed by atoms with van der Waals surface area (Å²) in [6.45, 7) is 3.18. The minimum absolute atomic E-state index is 0.598. The molecule has 1 aromatic rings. The van der Waals surface area contributed by atoms with Gasteiger partial charge in [-0.2, -0.15) is 0 Å². The van der Waals surface area contributed by atoms with Gasteiger partial charge in [-0.1, -0.05) is 13.0 Å². The Morgan fingerprint density at radius 1 is 1.19 bits per heavy atom. The lowest BCUT2D eigenvalue weighted by Gasteiger charge is -2.10. The molecular weight excluding hydrogens is 208 g/mol. The van der Waals surface area contributed by atoms with Crippen molar-refractivity contribution < 1.29 is 8.78 Å². The number of benzene rings is 1. The molecule has 0 aliphatic heterocycles. The van der Waals surface area contributed by atoms with Crippen molar-refractivity contribution in [1.82, 2.24) is 5.32 Å². The van der Waals surface area contributed by atoms with E-state index in [0.29, 0.717) is 5.92 Å². The fourth-order valence-corrected chi connectivity index (χ4v) is 1.64. The van der Waals surface area contributed by atoms with Gasteiger partial charge in [0.15, 0.2) is 11.6 Å². The van der Waals surface area contributed by atoms with Crippen LogP contribution in [0.4, 0.5) is 8.78 Å². The van der Waals surface area contributed by atoms with Gasteiger partial charge in [-0.25, -0.2) is 8.78 Å². The summed E-state index contributed by atoms with van der Waals surface area (Å²) in [6, 6.07) is 4.15. The van der Waals surface area contributed by atoms with Gasteiger partial charge in [0.1, 0.15) is 0 Å². The lowest BCUT2D eigenvalue weighted by atomic mass is 9.98. The second kappa shape index (κ2) is 6.59.